The lowest BCUT2D eigenvalue weighted by Gasteiger charge is -2.11. The van der Waals surface area contributed by atoms with E-state index in [4.69, 9.17) is 4.74 Å². The number of aromatic nitrogens is 2. The summed E-state index contributed by atoms with van der Waals surface area (Å²) in [4.78, 5) is 30.1. The molecule has 0 aliphatic heterocycles. The van der Waals surface area contributed by atoms with Crippen molar-refractivity contribution in [2.75, 3.05) is 11.9 Å². The SMILES string of the molecule is CCCc1nc2ccc(Br)cc2c(=O)n1N=Cc1ccccc1OCC(=O)Nc1ccccc1. The number of ether oxygens (including phenoxy) is 1. The van der Waals surface area contributed by atoms with E-state index in [1.807, 2.05) is 55.5 Å². The molecule has 4 aromatic rings. The largest absolute Gasteiger partial charge is 0.483 e. The lowest BCUT2D eigenvalue weighted by atomic mass is 10.2. The van der Waals surface area contributed by atoms with Gasteiger partial charge in [-0.15, -0.1) is 0 Å². The Morgan fingerprint density at radius 2 is 1.88 bits per heavy atom. The van der Waals surface area contributed by atoms with Gasteiger partial charge in [-0.2, -0.15) is 9.78 Å². The van der Waals surface area contributed by atoms with Crippen molar-refractivity contribution in [3.63, 3.8) is 0 Å². The molecule has 0 aliphatic rings. The number of rotatable bonds is 8. The first-order chi connectivity index (χ1) is 16.5. The number of fused-ring (bicyclic) bond motifs is 1. The average Bonchev–Trinajstić information content (AvgIpc) is 2.84. The highest BCUT2D eigenvalue weighted by atomic mass is 79.9. The molecule has 8 heteroatoms. The van der Waals surface area contributed by atoms with Gasteiger partial charge in [0.15, 0.2) is 6.61 Å². The number of para-hydroxylation sites is 2. The Morgan fingerprint density at radius 1 is 1.12 bits per heavy atom. The van der Waals surface area contributed by atoms with Gasteiger partial charge in [0, 0.05) is 22.1 Å². The summed E-state index contributed by atoms with van der Waals surface area (Å²) in [6.07, 6.45) is 2.98. The van der Waals surface area contributed by atoms with Crippen LogP contribution in [-0.4, -0.2) is 28.4 Å². The predicted molar refractivity (Wildman–Crippen MR) is 138 cm³/mol. The van der Waals surface area contributed by atoms with E-state index in [2.05, 4.69) is 31.3 Å². The summed E-state index contributed by atoms with van der Waals surface area (Å²) >= 11 is 3.41. The van der Waals surface area contributed by atoms with Gasteiger partial charge in [0.05, 0.1) is 17.1 Å². The third kappa shape index (κ3) is 5.58. The van der Waals surface area contributed by atoms with E-state index in [-0.39, 0.29) is 18.1 Å². The number of carbonyl (C=O) groups excluding carboxylic acids is 1. The number of halogens is 1. The first-order valence-electron chi connectivity index (χ1n) is 10.9. The molecule has 0 unspecified atom stereocenters. The molecule has 1 amide bonds. The van der Waals surface area contributed by atoms with Gasteiger partial charge >= 0.3 is 0 Å². The van der Waals surface area contributed by atoms with E-state index in [0.29, 0.717) is 40.1 Å². The number of benzene rings is 3. The number of aryl methyl sites for hydroxylation is 1. The number of nitrogens with one attached hydrogen (secondary N) is 1. The molecular formula is C26H23BrN4O3. The van der Waals surface area contributed by atoms with Crippen LogP contribution in [0.15, 0.2) is 87.2 Å². The molecule has 0 spiro atoms. The Bertz CT molecular complexity index is 1400. The monoisotopic (exact) mass is 518 g/mol. The number of nitrogens with zero attached hydrogens (tertiary/aromatic N) is 3. The van der Waals surface area contributed by atoms with Crippen molar-refractivity contribution in [2.24, 2.45) is 5.10 Å². The zero-order valence-corrected chi connectivity index (χ0v) is 20.2. The van der Waals surface area contributed by atoms with E-state index in [0.717, 1.165) is 10.9 Å². The second-order valence-corrected chi connectivity index (χ2v) is 8.46. The smallest absolute Gasteiger partial charge is 0.282 e. The summed E-state index contributed by atoms with van der Waals surface area (Å²) in [5.41, 5.74) is 1.73. The quantitative estimate of drug-likeness (QED) is 0.332. The number of carbonyl (C=O) groups is 1. The fourth-order valence-corrected chi connectivity index (χ4v) is 3.76. The van der Waals surface area contributed by atoms with Crippen molar-refractivity contribution in [1.29, 1.82) is 0 Å². The molecule has 3 aromatic carbocycles. The summed E-state index contributed by atoms with van der Waals surface area (Å²) in [6, 6.07) is 21.8. The normalized spacial score (nSPS) is 11.1. The molecule has 0 fully saturated rings. The maximum atomic E-state index is 13.2. The topological polar surface area (TPSA) is 85.6 Å². The third-order valence-corrected chi connectivity index (χ3v) is 5.49. The van der Waals surface area contributed by atoms with Crippen LogP contribution in [0.4, 0.5) is 5.69 Å². The fourth-order valence-electron chi connectivity index (χ4n) is 3.40. The van der Waals surface area contributed by atoms with Crippen LogP contribution < -0.4 is 15.6 Å². The second-order valence-electron chi connectivity index (χ2n) is 7.54. The van der Waals surface area contributed by atoms with Crippen LogP contribution in [0.1, 0.15) is 24.7 Å². The van der Waals surface area contributed by atoms with Gasteiger partial charge in [-0.3, -0.25) is 9.59 Å². The third-order valence-electron chi connectivity index (χ3n) is 5.00. The molecule has 0 atom stereocenters. The molecule has 4 rings (SSSR count). The van der Waals surface area contributed by atoms with Gasteiger partial charge in [0.1, 0.15) is 11.6 Å². The van der Waals surface area contributed by atoms with Crippen LogP contribution in [0.25, 0.3) is 10.9 Å². The molecule has 34 heavy (non-hydrogen) atoms. The molecular weight excluding hydrogens is 496 g/mol. The lowest BCUT2D eigenvalue weighted by Crippen LogP contribution is -2.22. The Labute approximate surface area is 205 Å². The Kier molecular flexibility index (Phi) is 7.49. The van der Waals surface area contributed by atoms with Crippen molar-refractivity contribution in [2.45, 2.75) is 19.8 Å². The van der Waals surface area contributed by atoms with Crippen LogP contribution in [0, 0.1) is 0 Å². The molecule has 1 N–H and O–H groups in total. The van der Waals surface area contributed by atoms with Crippen LogP contribution in [0.2, 0.25) is 0 Å². The second kappa shape index (κ2) is 10.9. The molecule has 1 heterocycles. The van der Waals surface area contributed by atoms with Crippen molar-refractivity contribution in [1.82, 2.24) is 9.66 Å². The van der Waals surface area contributed by atoms with Gasteiger partial charge in [-0.1, -0.05) is 53.2 Å². The van der Waals surface area contributed by atoms with Gasteiger partial charge in [0.25, 0.3) is 11.5 Å². The van der Waals surface area contributed by atoms with Crippen molar-refractivity contribution in [3.05, 3.63) is 99.0 Å². The summed E-state index contributed by atoms with van der Waals surface area (Å²) in [6.45, 7) is 1.86. The fraction of sp³-hybridized carbons (Fsp3) is 0.154. The zero-order valence-electron chi connectivity index (χ0n) is 18.6. The van der Waals surface area contributed by atoms with Gasteiger partial charge in [-0.25, -0.2) is 4.98 Å². The van der Waals surface area contributed by atoms with Gasteiger partial charge in [0.2, 0.25) is 0 Å². The van der Waals surface area contributed by atoms with Crippen LogP contribution in [0.3, 0.4) is 0 Å². The highest BCUT2D eigenvalue weighted by Crippen LogP contribution is 2.18. The summed E-state index contributed by atoms with van der Waals surface area (Å²) in [7, 11) is 0. The predicted octanol–water partition coefficient (Wildman–Crippen LogP) is 5.01. The number of amides is 1. The maximum absolute atomic E-state index is 13.2. The van der Waals surface area contributed by atoms with Gasteiger partial charge in [-0.05, 0) is 48.9 Å². The van der Waals surface area contributed by atoms with Gasteiger partial charge < -0.3 is 10.1 Å². The van der Waals surface area contributed by atoms with Crippen molar-refractivity contribution < 1.29 is 9.53 Å². The minimum Gasteiger partial charge on any atom is -0.483 e. The first-order valence-corrected chi connectivity index (χ1v) is 11.7. The van der Waals surface area contributed by atoms with E-state index in [1.165, 1.54) is 4.68 Å². The molecule has 0 radical (unpaired) electrons. The summed E-state index contributed by atoms with van der Waals surface area (Å²) in [5, 5.41) is 7.72. The number of anilines is 1. The first kappa shape index (κ1) is 23.4. The van der Waals surface area contributed by atoms with Crippen LogP contribution in [-0.2, 0) is 11.2 Å². The molecule has 0 saturated carbocycles. The Hall–Kier alpha value is -3.78. The average molecular weight is 519 g/mol. The number of hydrogen-bond acceptors (Lipinski definition) is 5. The Morgan fingerprint density at radius 3 is 2.68 bits per heavy atom. The highest BCUT2D eigenvalue weighted by molar-refractivity contribution is 9.10. The summed E-state index contributed by atoms with van der Waals surface area (Å²) in [5.74, 6) is 0.791. The van der Waals surface area contributed by atoms with Crippen LogP contribution >= 0.6 is 15.9 Å². The number of hydrogen-bond donors (Lipinski definition) is 1. The summed E-state index contributed by atoms with van der Waals surface area (Å²) < 4.78 is 7.87. The molecule has 0 saturated heterocycles. The minimum atomic E-state index is -0.274. The Balaban J connectivity index is 1.58. The maximum Gasteiger partial charge on any atom is 0.282 e. The van der Waals surface area contributed by atoms with Crippen LogP contribution in [0.5, 0.6) is 5.75 Å². The van der Waals surface area contributed by atoms with Crippen molar-refractivity contribution >= 4 is 44.6 Å². The lowest BCUT2D eigenvalue weighted by molar-refractivity contribution is -0.118. The van der Waals surface area contributed by atoms with E-state index in [1.54, 1.807) is 30.5 Å². The standard InChI is InChI=1S/C26H23BrN4O3/c1-2-8-24-30-22-14-13-19(27)15-21(22)26(33)31(24)28-16-18-9-6-7-12-23(18)34-17-25(32)29-20-10-4-3-5-11-20/h3-7,9-16H,2,8,17H2,1H3,(H,29,32). The molecule has 0 bridgehead atoms. The molecule has 7 nitrogen and oxygen atoms in total. The van der Waals surface area contributed by atoms with E-state index in [9.17, 15) is 9.59 Å². The molecule has 172 valence electrons. The zero-order chi connectivity index (χ0) is 23.9. The minimum absolute atomic E-state index is 0.160. The van der Waals surface area contributed by atoms with Crippen molar-refractivity contribution in [3.8, 4) is 5.75 Å². The molecule has 1 aromatic heterocycles. The van der Waals surface area contributed by atoms with E-state index >= 15 is 0 Å². The van der Waals surface area contributed by atoms with E-state index < -0.39 is 0 Å². The molecule has 0 aliphatic carbocycles. The highest BCUT2D eigenvalue weighted by Gasteiger charge is 2.11.